The lowest BCUT2D eigenvalue weighted by Gasteiger charge is -2.27. The Bertz CT molecular complexity index is 311. The quantitative estimate of drug-likeness (QED) is 0.821. The van der Waals surface area contributed by atoms with Gasteiger partial charge in [-0.1, -0.05) is 13.8 Å². The lowest BCUT2D eigenvalue weighted by atomic mass is 10.0. The van der Waals surface area contributed by atoms with Crippen molar-refractivity contribution in [2.24, 2.45) is 5.92 Å². The maximum atomic E-state index is 5.62. The molecular formula is C11H20N4. The summed E-state index contributed by atoms with van der Waals surface area (Å²) >= 11 is 0. The van der Waals surface area contributed by atoms with Crippen LogP contribution >= 0.6 is 0 Å². The fourth-order valence-corrected chi connectivity index (χ4v) is 1.62. The first kappa shape index (κ1) is 11.8. The van der Waals surface area contributed by atoms with E-state index in [1.165, 1.54) is 6.33 Å². The zero-order chi connectivity index (χ0) is 11.4. The van der Waals surface area contributed by atoms with Crippen LogP contribution in [0.5, 0.6) is 0 Å². The van der Waals surface area contributed by atoms with Gasteiger partial charge >= 0.3 is 0 Å². The second-order valence-electron chi connectivity index (χ2n) is 4.39. The molecule has 0 saturated carbocycles. The second kappa shape index (κ2) is 4.96. The Morgan fingerprint density at radius 1 is 1.33 bits per heavy atom. The van der Waals surface area contributed by atoms with Gasteiger partial charge in [-0.2, -0.15) is 0 Å². The molecule has 0 bridgehead atoms. The molecule has 1 heterocycles. The molecule has 1 aromatic rings. The molecule has 4 nitrogen and oxygen atoms in total. The topological polar surface area (TPSA) is 55.0 Å². The molecule has 0 fully saturated rings. The van der Waals surface area contributed by atoms with E-state index in [4.69, 9.17) is 5.73 Å². The van der Waals surface area contributed by atoms with Gasteiger partial charge in [0.25, 0.3) is 0 Å². The lowest BCUT2D eigenvalue weighted by Crippen LogP contribution is -2.30. The Hall–Kier alpha value is -1.32. The molecule has 4 heteroatoms. The zero-order valence-corrected chi connectivity index (χ0v) is 9.94. The van der Waals surface area contributed by atoms with Gasteiger partial charge in [0, 0.05) is 19.2 Å². The molecule has 1 unspecified atom stereocenters. The van der Waals surface area contributed by atoms with Crippen molar-refractivity contribution >= 4 is 11.6 Å². The van der Waals surface area contributed by atoms with Gasteiger partial charge in [-0.25, -0.2) is 9.97 Å². The van der Waals surface area contributed by atoms with Crippen LogP contribution in [0.1, 0.15) is 27.2 Å². The molecule has 0 spiro atoms. The Balaban J connectivity index is 2.71. The third-order valence-electron chi connectivity index (χ3n) is 2.51. The molecule has 0 aliphatic rings. The highest BCUT2D eigenvalue weighted by molar-refractivity contribution is 5.45. The molecule has 1 rings (SSSR count). The third kappa shape index (κ3) is 3.38. The second-order valence-corrected chi connectivity index (χ2v) is 4.39. The Morgan fingerprint density at radius 2 is 2.00 bits per heavy atom. The van der Waals surface area contributed by atoms with E-state index in [9.17, 15) is 0 Å². The Labute approximate surface area is 91.5 Å². The van der Waals surface area contributed by atoms with Crippen LogP contribution in [-0.4, -0.2) is 23.1 Å². The van der Waals surface area contributed by atoms with Gasteiger partial charge in [0.15, 0.2) is 0 Å². The summed E-state index contributed by atoms with van der Waals surface area (Å²) in [5.41, 5.74) is 5.62. The molecule has 1 aromatic heterocycles. The van der Waals surface area contributed by atoms with Gasteiger partial charge in [-0.15, -0.1) is 0 Å². The largest absolute Gasteiger partial charge is 0.384 e. The van der Waals surface area contributed by atoms with Crippen molar-refractivity contribution in [3.63, 3.8) is 0 Å². The molecule has 0 aromatic carbocycles. The van der Waals surface area contributed by atoms with Gasteiger partial charge in [0.2, 0.25) is 0 Å². The first-order chi connectivity index (χ1) is 7.00. The van der Waals surface area contributed by atoms with Gasteiger partial charge in [-0.05, 0) is 19.3 Å². The summed E-state index contributed by atoms with van der Waals surface area (Å²) in [5, 5.41) is 0. The molecule has 0 aliphatic heterocycles. The maximum Gasteiger partial charge on any atom is 0.134 e. The normalized spacial score (nSPS) is 12.9. The average molecular weight is 208 g/mol. The minimum Gasteiger partial charge on any atom is -0.384 e. The van der Waals surface area contributed by atoms with E-state index >= 15 is 0 Å². The van der Waals surface area contributed by atoms with Crippen LogP contribution in [0, 0.1) is 5.92 Å². The van der Waals surface area contributed by atoms with Gasteiger partial charge in [-0.3, -0.25) is 0 Å². The molecule has 84 valence electrons. The number of nitrogens with zero attached hydrogens (tertiary/aromatic N) is 3. The highest BCUT2D eigenvalue weighted by Crippen LogP contribution is 2.17. The predicted molar refractivity (Wildman–Crippen MR) is 63.8 cm³/mol. The van der Waals surface area contributed by atoms with Crippen molar-refractivity contribution in [1.29, 1.82) is 0 Å². The van der Waals surface area contributed by atoms with Crippen molar-refractivity contribution in [1.82, 2.24) is 9.97 Å². The van der Waals surface area contributed by atoms with Crippen molar-refractivity contribution < 1.29 is 0 Å². The zero-order valence-electron chi connectivity index (χ0n) is 9.94. The number of hydrogen-bond donors (Lipinski definition) is 1. The number of aromatic nitrogens is 2. The van der Waals surface area contributed by atoms with Crippen molar-refractivity contribution in [2.45, 2.75) is 33.2 Å². The van der Waals surface area contributed by atoms with E-state index in [0.717, 1.165) is 12.2 Å². The van der Waals surface area contributed by atoms with Crippen LogP contribution in [0.3, 0.4) is 0 Å². The van der Waals surface area contributed by atoms with E-state index in [-0.39, 0.29) is 0 Å². The van der Waals surface area contributed by atoms with E-state index in [0.29, 0.717) is 17.8 Å². The highest BCUT2D eigenvalue weighted by Gasteiger charge is 2.12. The molecule has 15 heavy (non-hydrogen) atoms. The fraction of sp³-hybridized carbons (Fsp3) is 0.636. The number of rotatable bonds is 4. The van der Waals surface area contributed by atoms with Gasteiger partial charge in [0.05, 0.1) is 0 Å². The Kier molecular flexibility index (Phi) is 3.88. The molecule has 1 atom stereocenters. The summed E-state index contributed by atoms with van der Waals surface area (Å²) in [4.78, 5) is 10.2. The SMILES string of the molecule is CC(C)CC(C)N(C)c1cc(N)ncn1. The molecular weight excluding hydrogens is 188 g/mol. The summed E-state index contributed by atoms with van der Waals surface area (Å²) in [5.74, 6) is 2.08. The Morgan fingerprint density at radius 3 is 2.53 bits per heavy atom. The van der Waals surface area contributed by atoms with Crippen LogP contribution in [-0.2, 0) is 0 Å². The van der Waals surface area contributed by atoms with E-state index in [1.807, 2.05) is 7.05 Å². The van der Waals surface area contributed by atoms with Gasteiger partial charge in [0.1, 0.15) is 18.0 Å². The number of anilines is 2. The maximum absolute atomic E-state index is 5.62. The lowest BCUT2D eigenvalue weighted by molar-refractivity contribution is 0.502. The summed E-state index contributed by atoms with van der Waals surface area (Å²) < 4.78 is 0. The van der Waals surface area contributed by atoms with Crippen molar-refractivity contribution in [3.05, 3.63) is 12.4 Å². The summed E-state index contributed by atoms with van der Waals surface area (Å²) in [6.07, 6.45) is 2.64. The van der Waals surface area contributed by atoms with Crippen molar-refractivity contribution in [2.75, 3.05) is 17.7 Å². The smallest absolute Gasteiger partial charge is 0.134 e. The summed E-state index contributed by atoms with van der Waals surface area (Å²) in [6, 6.07) is 2.26. The minimum absolute atomic E-state index is 0.458. The van der Waals surface area contributed by atoms with Crippen LogP contribution in [0.25, 0.3) is 0 Å². The first-order valence-corrected chi connectivity index (χ1v) is 5.31. The van der Waals surface area contributed by atoms with Crippen LogP contribution in [0.4, 0.5) is 11.6 Å². The third-order valence-corrected chi connectivity index (χ3v) is 2.51. The monoisotopic (exact) mass is 208 g/mol. The molecule has 0 radical (unpaired) electrons. The standard InChI is InChI=1S/C11H20N4/c1-8(2)5-9(3)15(4)11-6-10(12)13-7-14-11/h6-9H,5H2,1-4H3,(H2,12,13,14). The van der Waals surface area contributed by atoms with E-state index in [1.54, 1.807) is 6.07 Å². The highest BCUT2D eigenvalue weighted by atomic mass is 15.2. The number of hydrogen-bond acceptors (Lipinski definition) is 4. The average Bonchev–Trinajstić information content (AvgIpc) is 2.15. The first-order valence-electron chi connectivity index (χ1n) is 5.31. The number of nitrogen functional groups attached to an aromatic ring is 1. The van der Waals surface area contributed by atoms with E-state index in [2.05, 4.69) is 35.6 Å². The predicted octanol–water partition coefficient (Wildman–Crippen LogP) is 1.93. The van der Waals surface area contributed by atoms with Crippen molar-refractivity contribution in [3.8, 4) is 0 Å². The molecule has 0 saturated heterocycles. The summed E-state index contributed by atoms with van der Waals surface area (Å²) in [7, 11) is 2.04. The molecule has 2 N–H and O–H groups in total. The number of nitrogens with two attached hydrogens (primary N) is 1. The minimum atomic E-state index is 0.458. The van der Waals surface area contributed by atoms with E-state index < -0.39 is 0 Å². The summed E-state index contributed by atoms with van der Waals surface area (Å²) in [6.45, 7) is 6.63. The molecule has 0 aliphatic carbocycles. The molecule has 0 amide bonds. The van der Waals surface area contributed by atoms with Crippen LogP contribution in [0.15, 0.2) is 12.4 Å². The van der Waals surface area contributed by atoms with Crippen LogP contribution in [0.2, 0.25) is 0 Å². The fourth-order valence-electron chi connectivity index (χ4n) is 1.62. The van der Waals surface area contributed by atoms with Crippen LogP contribution < -0.4 is 10.6 Å². The van der Waals surface area contributed by atoms with Gasteiger partial charge < -0.3 is 10.6 Å².